The number of aliphatic hydroxyl groups is 3. The molecule has 1 aliphatic heterocycles. The standard InChI is InChI=1S/C8H14O4/c1-6(2)7(10)3-5(4-9)12-8(6,7)11/h5,9-11H,3-4H2,1-2H3/t5-,7-,8?/m0/s1. The highest BCUT2D eigenvalue weighted by Gasteiger charge is 2.88. The van der Waals surface area contributed by atoms with E-state index in [9.17, 15) is 10.2 Å². The molecule has 3 N–H and O–H groups in total. The van der Waals surface area contributed by atoms with E-state index in [1.54, 1.807) is 13.8 Å². The molecule has 1 saturated heterocycles. The number of ether oxygens (including phenoxy) is 1. The Morgan fingerprint density at radius 3 is 2.33 bits per heavy atom. The van der Waals surface area contributed by atoms with E-state index in [1.165, 1.54) is 0 Å². The van der Waals surface area contributed by atoms with Gasteiger partial charge in [0, 0.05) is 6.42 Å². The van der Waals surface area contributed by atoms with Crippen molar-refractivity contribution in [2.45, 2.75) is 37.8 Å². The molecule has 0 aromatic carbocycles. The molecule has 4 nitrogen and oxygen atoms in total. The Morgan fingerprint density at radius 1 is 1.42 bits per heavy atom. The molecule has 70 valence electrons. The Hall–Kier alpha value is -0.160. The number of rotatable bonds is 1. The van der Waals surface area contributed by atoms with Crippen molar-refractivity contribution < 1.29 is 20.1 Å². The zero-order valence-electron chi connectivity index (χ0n) is 7.24. The summed E-state index contributed by atoms with van der Waals surface area (Å²) in [5.41, 5.74) is -1.76. The van der Waals surface area contributed by atoms with Crippen molar-refractivity contribution in [3.05, 3.63) is 0 Å². The van der Waals surface area contributed by atoms with Crippen molar-refractivity contribution in [2.75, 3.05) is 6.61 Å². The normalized spacial score (nSPS) is 55.2. The van der Waals surface area contributed by atoms with Gasteiger partial charge in [-0.15, -0.1) is 0 Å². The molecule has 1 saturated carbocycles. The van der Waals surface area contributed by atoms with Crippen LogP contribution in [-0.4, -0.2) is 39.4 Å². The van der Waals surface area contributed by atoms with Gasteiger partial charge in [0.25, 0.3) is 0 Å². The van der Waals surface area contributed by atoms with Gasteiger partial charge >= 0.3 is 0 Å². The summed E-state index contributed by atoms with van der Waals surface area (Å²) in [6.45, 7) is 3.35. The van der Waals surface area contributed by atoms with Gasteiger partial charge in [0.15, 0.2) is 0 Å². The molecule has 0 aromatic rings. The lowest BCUT2D eigenvalue weighted by Crippen LogP contribution is -2.26. The van der Waals surface area contributed by atoms with Crippen LogP contribution in [0.4, 0.5) is 0 Å². The number of hydrogen-bond donors (Lipinski definition) is 3. The van der Waals surface area contributed by atoms with Crippen molar-refractivity contribution in [2.24, 2.45) is 5.41 Å². The first-order valence-electron chi connectivity index (χ1n) is 4.12. The van der Waals surface area contributed by atoms with Gasteiger partial charge in [-0.05, 0) is 0 Å². The molecule has 2 fully saturated rings. The third-order valence-electron chi connectivity index (χ3n) is 3.44. The van der Waals surface area contributed by atoms with E-state index in [-0.39, 0.29) is 6.61 Å². The summed E-state index contributed by atoms with van der Waals surface area (Å²) >= 11 is 0. The highest BCUT2D eigenvalue weighted by molar-refractivity contribution is 5.30. The van der Waals surface area contributed by atoms with E-state index < -0.39 is 22.9 Å². The van der Waals surface area contributed by atoms with Crippen LogP contribution in [0, 0.1) is 5.41 Å². The zero-order chi connectivity index (χ0) is 9.20. The summed E-state index contributed by atoms with van der Waals surface area (Å²) in [6, 6.07) is 0. The summed E-state index contributed by atoms with van der Waals surface area (Å²) in [4.78, 5) is 0. The third-order valence-corrected chi connectivity index (χ3v) is 3.44. The minimum atomic E-state index is -1.44. The third kappa shape index (κ3) is 0.567. The Bertz CT molecular complexity index is 207. The van der Waals surface area contributed by atoms with Crippen molar-refractivity contribution in [3.8, 4) is 0 Å². The minimum absolute atomic E-state index is 0.152. The Labute approximate surface area is 70.8 Å². The SMILES string of the molecule is CC1(C)C2(O)O[C@H](CO)C[C@]12O. The molecule has 0 bridgehead atoms. The smallest absolute Gasteiger partial charge is 0.204 e. The van der Waals surface area contributed by atoms with Crippen molar-refractivity contribution in [1.29, 1.82) is 0 Å². The summed E-state index contributed by atoms with van der Waals surface area (Å²) < 4.78 is 5.15. The second-order valence-corrected chi connectivity index (χ2v) is 4.26. The van der Waals surface area contributed by atoms with E-state index in [0.717, 1.165) is 0 Å². The molecule has 12 heavy (non-hydrogen) atoms. The maximum absolute atomic E-state index is 9.87. The van der Waals surface area contributed by atoms with Gasteiger partial charge in [-0.3, -0.25) is 0 Å². The minimum Gasteiger partial charge on any atom is -0.394 e. The lowest BCUT2D eigenvalue weighted by Gasteiger charge is -2.18. The average molecular weight is 174 g/mol. The van der Waals surface area contributed by atoms with Crippen LogP contribution in [0.25, 0.3) is 0 Å². The van der Waals surface area contributed by atoms with Gasteiger partial charge in [0.1, 0.15) is 5.60 Å². The van der Waals surface area contributed by atoms with E-state index >= 15 is 0 Å². The molecule has 2 aliphatic rings. The van der Waals surface area contributed by atoms with Crippen LogP contribution >= 0.6 is 0 Å². The molecule has 0 amide bonds. The van der Waals surface area contributed by atoms with Crippen LogP contribution in [0.15, 0.2) is 0 Å². The van der Waals surface area contributed by atoms with Gasteiger partial charge in [-0.2, -0.15) is 0 Å². The highest BCUT2D eigenvalue weighted by Crippen LogP contribution is 2.71. The summed E-state index contributed by atoms with van der Waals surface area (Å²) in [6.07, 6.45) is -0.111. The molecule has 0 spiro atoms. The fourth-order valence-electron chi connectivity index (χ4n) is 2.23. The number of fused-ring (bicyclic) bond motifs is 1. The molecule has 0 aromatic heterocycles. The molecule has 1 aliphatic carbocycles. The van der Waals surface area contributed by atoms with Crippen LogP contribution in [0.5, 0.6) is 0 Å². The fourth-order valence-corrected chi connectivity index (χ4v) is 2.23. The predicted molar refractivity (Wildman–Crippen MR) is 40.3 cm³/mol. The van der Waals surface area contributed by atoms with Crippen molar-refractivity contribution >= 4 is 0 Å². The summed E-state index contributed by atoms with van der Waals surface area (Å²) in [5, 5.41) is 28.4. The molecule has 0 radical (unpaired) electrons. The van der Waals surface area contributed by atoms with E-state index in [2.05, 4.69) is 0 Å². The molecule has 3 atom stereocenters. The first kappa shape index (κ1) is 8.44. The molecule has 2 rings (SSSR count). The highest BCUT2D eigenvalue weighted by atomic mass is 16.7. The topological polar surface area (TPSA) is 69.9 Å². The van der Waals surface area contributed by atoms with Crippen LogP contribution in [0.3, 0.4) is 0 Å². The lowest BCUT2D eigenvalue weighted by atomic mass is 10.0. The second-order valence-electron chi connectivity index (χ2n) is 4.26. The van der Waals surface area contributed by atoms with E-state index in [0.29, 0.717) is 6.42 Å². The summed E-state index contributed by atoms with van der Waals surface area (Å²) in [5.74, 6) is -1.44. The first-order chi connectivity index (χ1) is 5.39. The predicted octanol–water partition coefficient (Wildman–Crippen LogP) is -0.773. The molecule has 1 heterocycles. The number of aliphatic hydroxyl groups excluding tert-OH is 1. The van der Waals surface area contributed by atoms with Crippen LogP contribution in [0.1, 0.15) is 20.3 Å². The first-order valence-corrected chi connectivity index (χ1v) is 4.12. The van der Waals surface area contributed by atoms with Gasteiger partial charge in [-0.25, -0.2) is 0 Å². The van der Waals surface area contributed by atoms with Crippen molar-refractivity contribution in [3.63, 3.8) is 0 Å². The molecular formula is C8H14O4. The maximum atomic E-state index is 9.87. The van der Waals surface area contributed by atoms with Gasteiger partial charge in [0.05, 0.1) is 18.1 Å². The lowest BCUT2D eigenvalue weighted by molar-refractivity contribution is -0.173. The average Bonchev–Trinajstić information content (AvgIpc) is 2.30. The summed E-state index contributed by atoms with van der Waals surface area (Å²) in [7, 11) is 0. The quantitative estimate of drug-likeness (QED) is 0.488. The van der Waals surface area contributed by atoms with Crippen LogP contribution in [0.2, 0.25) is 0 Å². The largest absolute Gasteiger partial charge is 0.394 e. The maximum Gasteiger partial charge on any atom is 0.204 e. The van der Waals surface area contributed by atoms with E-state index in [1.807, 2.05) is 0 Å². The van der Waals surface area contributed by atoms with Gasteiger partial charge in [-0.1, -0.05) is 13.8 Å². The second kappa shape index (κ2) is 1.85. The fraction of sp³-hybridized carbons (Fsp3) is 1.00. The Balaban J connectivity index is 2.23. The van der Waals surface area contributed by atoms with E-state index in [4.69, 9.17) is 9.84 Å². The van der Waals surface area contributed by atoms with Crippen LogP contribution in [-0.2, 0) is 4.74 Å². The Kier molecular flexibility index (Phi) is 1.30. The van der Waals surface area contributed by atoms with Gasteiger partial charge < -0.3 is 20.1 Å². The molecule has 1 unspecified atom stereocenters. The number of hydrogen-bond acceptors (Lipinski definition) is 4. The van der Waals surface area contributed by atoms with Crippen LogP contribution < -0.4 is 0 Å². The molecule has 4 heteroatoms. The Morgan fingerprint density at radius 2 is 2.00 bits per heavy atom. The molecular weight excluding hydrogens is 160 g/mol. The van der Waals surface area contributed by atoms with Crippen molar-refractivity contribution in [1.82, 2.24) is 0 Å². The van der Waals surface area contributed by atoms with Gasteiger partial charge in [0.2, 0.25) is 5.79 Å². The zero-order valence-corrected chi connectivity index (χ0v) is 7.24. The monoisotopic (exact) mass is 174 g/mol.